The highest BCUT2D eigenvalue weighted by molar-refractivity contribution is 6.17. The van der Waals surface area contributed by atoms with Crippen molar-refractivity contribution in [2.75, 3.05) is 5.32 Å². The van der Waals surface area contributed by atoms with Crippen molar-refractivity contribution >= 4 is 17.4 Å². The molecule has 0 saturated heterocycles. The second-order valence-electron chi connectivity index (χ2n) is 7.25. The third kappa shape index (κ3) is 4.75. The van der Waals surface area contributed by atoms with Crippen molar-refractivity contribution in [3.05, 3.63) is 119 Å². The van der Waals surface area contributed by atoms with Gasteiger partial charge in [-0.05, 0) is 30.7 Å². The van der Waals surface area contributed by atoms with Crippen LogP contribution in [0.2, 0.25) is 0 Å². The number of carbonyl (C=O) groups excluding carboxylic acids is 2. The van der Waals surface area contributed by atoms with E-state index < -0.39 is 5.91 Å². The van der Waals surface area contributed by atoms with Crippen molar-refractivity contribution in [1.82, 2.24) is 9.78 Å². The standard InChI is InChI=1S/C25H20FN3O2/c1-17-6-10-19(11-7-17)24(30)22-4-2-3-5-23(22)25(31)28-21-14-27-29(16-21)15-18-8-12-20(26)13-9-18/h2-14,16H,15H2,1H3,(H,28,31). The second-order valence-corrected chi connectivity index (χ2v) is 7.25. The molecule has 1 N–H and O–H groups in total. The highest BCUT2D eigenvalue weighted by Crippen LogP contribution is 2.18. The maximum atomic E-state index is 13.1. The van der Waals surface area contributed by atoms with Gasteiger partial charge in [0.05, 0.1) is 24.0 Å². The zero-order valence-corrected chi connectivity index (χ0v) is 16.9. The number of nitrogens with one attached hydrogen (secondary N) is 1. The van der Waals surface area contributed by atoms with E-state index in [2.05, 4.69) is 10.4 Å². The van der Waals surface area contributed by atoms with Gasteiger partial charge in [0.1, 0.15) is 5.82 Å². The minimum Gasteiger partial charge on any atom is -0.319 e. The highest BCUT2D eigenvalue weighted by atomic mass is 19.1. The van der Waals surface area contributed by atoms with Gasteiger partial charge in [0.15, 0.2) is 5.78 Å². The van der Waals surface area contributed by atoms with Gasteiger partial charge >= 0.3 is 0 Å². The summed E-state index contributed by atoms with van der Waals surface area (Å²) in [6.07, 6.45) is 3.22. The number of carbonyl (C=O) groups is 2. The van der Waals surface area contributed by atoms with E-state index in [0.29, 0.717) is 28.9 Å². The first-order chi connectivity index (χ1) is 15.0. The van der Waals surface area contributed by atoms with Gasteiger partial charge in [-0.15, -0.1) is 0 Å². The third-order valence-electron chi connectivity index (χ3n) is 4.88. The van der Waals surface area contributed by atoms with Crippen LogP contribution in [0.15, 0.2) is 85.2 Å². The van der Waals surface area contributed by atoms with Crippen LogP contribution in [0.25, 0.3) is 0 Å². The number of ketones is 1. The SMILES string of the molecule is Cc1ccc(C(=O)c2ccccc2C(=O)Nc2cnn(Cc3ccc(F)cc3)c2)cc1. The Balaban J connectivity index is 1.50. The van der Waals surface area contributed by atoms with Crippen molar-refractivity contribution in [1.29, 1.82) is 0 Å². The van der Waals surface area contributed by atoms with E-state index in [1.807, 2.05) is 19.1 Å². The number of amides is 1. The van der Waals surface area contributed by atoms with Crippen LogP contribution in [0.5, 0.6) is 0 Å². The van der Waals surface area contributed by atoms with E-state index >= 15 is 0 Å². The molecule has 5 nitrogen and oxygen atoms in total. The topological polar surface area (TPSA) is 64.0 Å². The van der Waals surface area contributed by atoms with Crippen LogP contribution in [0.4, 0.5) is 10.1 Å². The monoisotopic (exact) mass is 413 g/mol. The molecule has 4 aromatic rings. The van der Waals surface area contributed by atoms with Crippen LogP contribution in [0, 0.1) is 12.7 Å². The Morgan fingerprint density at radius 3 is 2.32 bits per heavy atom. The summed E-state index contributed by atoms with van der Waals surface area (Å²) in [6, 6.07) is 20.1. The molecular formula is C25H20FN3O2. The fourth-order valence-corrected chi connectivity index (χ4v) is 3.23. The lowest BCUT2D eigenvalue weighted by Crippen LogP contribution is -2.16. The molecule has 0 spiro atoms. The number of hydrogen-bond acceptors (Lipinski definition) is 3. The number of aromatic nitrogens is 2. The molecule has 0 bridgehead atoms. The summed E-state index contributed by atoms with van der Waals surface area (Å²) in [6.45, 7) is 2.39. The summed E-state index contributed by atoms with van der Waals surface area (Å²) < 4.78 is 14.7. The highest BCUT2D eigenvalue weighted by Gasteiger charge is 2.18. The molecule has 1 heterocycles. The largest absolute Gasteiger partial charge is 0.319 e. The zero-order valence-electron chi connectivity index (χ0n) is 16.9. The Kier molecular flexibility index (Phi) is 5.71. The summed E-state index contributed by atoms with van der Waals surface area (Å²) in [5.74, 6) is -0.897. The first-order valence-electron chi connectivity index (χ1n) is 9.78. The maximum absolute atomic E-state index is 13.1. The molecule has 0 saturated carbocycles. The van der Waals surface area contributed by atoms with Gasteiger partial charge in [0, 0.05) is 17.3 Å². The van der Waals surface area contributed by atoms with Gasteiger partial charge in [-0.1, -0.05) is 60.2 Å². The molecule has 154 valence electrons. The summed E-state index contributed by atoms with van der Waals surface area (Å²) in [5, 5.41) is 7.03. The van der Waals surface area contributed by atoms with Crippen LogP contribution < -0.4 is 5.32 Å². The van der Waals surface area contributed by atoms with Crippen LogP contribution in [-0.4, -0.2) is 21.5 Å². The first-order valence-corrected chi connectivity index (χ1v) is 9.78. The van der Waals surface area contributed by atoms with Gasteiger partial charge < -0.3 is 5.32 Å². The summed E-state index contributed by atoms with van der Waals surface area (Å²) in [7, 11) is 0. The van der Waals surface area contributed by atoms with Crippen LogP contribution in [-0.2, 0) is 6.54 Å². The predicted molar refractivity (Wildman–Crippen MR) is 117 cm³/mol. The third-order valence-corrected chi connectivity index (χ3v) is 4.88. The van der Waals surface area contributed by atoms with Crippen molar-refractivity contribution in [2.45, 2.75) is 13.5 Å². The normalized spacial score (nSPS) is 10.6. The van der Waals surface area contributed by atoms with E-state index in [0.717, 1.165) is 11.1 Å². The molecule has 0 aliphatic rings. The average molecular weight is 413 g/mol. The van der Waals surface area contributed by atoms with Crippen LogP contribution in [0.3, 0.4) is 0 Å². The number of rotatable bonds is 6. The molecule has 31 heavy (non-hydrogen) atoms. The van der Waals surface area contributed by atoms with E-state index in [1.54, 1.807) is 59.4 Å². The minimum atomic E-state index is -0.391. The summed E-state index contributed by atoms with van der Waals surface area (Å²) in [4.78, 5) is 25.8. The molecule has 0 fully saturated rings. The van der Waals surface area contributed by atoms with Crippen molar-refractivity contribution in [3.8, 4) is 0 Å². The Morgan fingerprint density at radius 1 is 0.935 bits per heavy atom. The van der Waals surface area contributed by atoms with Crippen molar-refractivity contribution in [3.63, 3.8) is 0 Å². The lowest BCUT2D eigenvalue weighted by atomic mass is 9.97. The number of aryl methyl sites for hydroxylation is 1. The van der Waals surface area contributed by atoms with Crippen molar-refractivity contribution in [2.24, 2.45) is 0 Å². The fourth-order valence-electron chi connectivity index (χ4n) is 3.23. The molecular weight excluding hydrogens is 393 g/mol. The van der Waals surface area contributed by atoms with Gasteiger partial charge in [-0.2, -0.15) is 5.10 Å². The van der Waals surface area contributed by atoms with E-state index in [-0.39, 0.29) is 11.6 Å². The van der Waals surface area contributed by atoms with Crippen LogP contribution in [0.1, 0.15) is 37.4 Å². The van der Waals surface area contributed by atoms with Gasteiger partial charge in [-0.25, -0.2) is 4.39 Å². The number of anilines is 1. The number of halogens is 1. The Bertz CT molecular complexity index is 1230. The molecule has 0 radical (unpaired) electrons. The number of nitrogens with zero attached hydrogens (tertiary/aromatic N) is 2. The molecule has 0 aliphatic carbocycles. The second kappa shape index (κ2) is 8.75. The quantitative estimate of drug-likeness (QED) is 0.459. The smallest absolute Gasteiger partial charge is 0.256 e. The fraction of sp³-hybridized carbons (Fsp3) is 0.0800. The molecule has 0 atom stereocenters. The number of benzene rings is 3. The first kappa shape index (κ1) is 20.2. The minimum absolute atomic E-state index is 0.210. The van der Waals surface area contributed by atoms with Gasteiger partial charge in [0.25, 0.3) is 5.91 Å². The summed E-state index contributed by atoms with van der Waals surface area (Å²) >= 11 is 0. The van der Waals surface area contributed by atoms with E-state index in [9.17, 15) is 14.0 Å². The predicted octanol–water partition coefficient (Wildman–Crippen LogP) is 4.86. The summed E-state index contributed by atoms with van der Waals surface area (Å²) in [5.41, 5.74) is 3.60. The lowest BCUT2D eigenvalue weighted by molar-refractivity contribution is 0.0996. The van der Waals surface area contributed by atoms with Crippen molar-refractivity contribution < 1.29 is 14.0 Å². The van der Waals surface area contributed by atoms with Gasteiger partial charge in [-0.3, -0.25) is 14.3 Å². The van der Waals surface area contributed by atoms with Crippen LogP contribution >= 0.6 is 0 Å². The van der Waals surface area contributed by atoms with E-state index in [1.165, 1.54) is 18.3 Å². The molecule has 1 amide bonds. The molecule has 3 aromatic carbocycles. The maximum Gasteiger partial charge on any atom is 0.256 e. The molecule has 1 aromatic heterocycles. The lowest BCUT2D eigenvalue weighted by Gasteiger charge is -2.09. The molecule has 0 unspecified atom stereocenters. The zero-order chi connectivity index (χ0) is 21.8. The Labute approximate surface area is 179 Å². The van der Waals surface area contributed by atoms with E-state index in [4.69, 9.17) is 0 Å². The number of hydrogen-bond donors (Lipinski definition) is 1. The van der Waals surface area contributed by atoms with Gasteiger partial charge in [0.2, 0.25) is 0 Å². The molecule has 4 rings (SSSR count). The Hall–Kier alpha value is -4.06. The molecule has 0 aliphatic heterocycles. The molecule has 6 heteroatoms. The average Bonchev–Trinajstić information content (AvgIpc) is 3.22. The Morgan fingerprint density at radius 2 is 1.61 bits per heavy atom.